The van der Waals surface area contributed by atoms with Crippen LogP contribution in [0.4, 0.5) is 0 Å². The van der Waals surface area contributed by atoms with Gasteiger partial charge in [-0.3, -0.25) is 10.2 Å². The SMILES string of the molecule is CC(C)(C)[C@@](C)(O)[C@H]1C[C@@]23CC[C@@]1(OO)[C@@H]1Oc4c(O)ccc5c4[C@@]12CCN(CC1CC1)[C@@H]3C5. The highest BCUT2D eigenvalue weighted by Crippen LogP contribution is 2.78. The molecular formula is C28H39NO5. The minimum absolute atomic E-state index is 0.0724. The number of phenols is 1. The minimum atomic E-state index is -1.07. The third kappa shape index (κ3) is 2.24. The van der Waals surface area contributed by atoms with E-state index < -0.39 is 22.7 Å². The fraction of sp³-hybridized carbons (Fsp3) is 0.786. The molecule has 1 saturated heterocycles. The van der Waals surface area contributed by atoms with E-state index in [2.05, 4.69) is 31.7 Å². The van der Waals surface area contributed by atoms with Crippen LogP contribution in [-0.4, -0.2) is 56.8 Å². The van der Waals surface area contributed by atoms with Gasteiger partial charge in [0, 0.05) is 34.9 Å². The molecule has 1 aromatic rings. The summed E-state index contributed by atoms with van der Waals surface area (Å²) in [5.41, 5.74) is -0.397. The van der Waals surface area contributed by atoms with E-state index in [0.29, 0.717) is 18.2 Å². The van der Waals surface area contributed by atoms with Crippen LogP contribution in [0.3, 0.4) is 0 Å². The van der Waals surface area contributed by atoms with Crippen LogP contribution in [0, 0.1) is 22.7 Å². The van der Waals surface area contributed by atoms with Gasteiger partial charge in [0.15, 0.2) is 11.5 Å². The van der Waals surface area contributed by atoms with E-state index in [1.54, 1.807) is 6.07 Å². The number of aromatic hydroxyl groups is 1. The first kappa shape index (κ1) is 21.9. The molecule has 0 unspecified atom stereocenters. The highest BCUT2D eigenvalue weighted by Gasteiger charge is 2.83. The van der Waals surface area contributed by atoms with Gasteiger partial charge >= 0.3 is 0 Å². The van der Waals surface area contributed by atoms with Crippen molar-refractivity contribution in [1.82, 2.24) is 4.90 Å². The Morgan fingerprint density at radius 1 is 1.15 bits per heavy atom. The quantitative estimate of drug-likeness (QED) is 0.452. The molecule has 0 aromatic heterocycles. The molecule has 3 N–H and O–H groups in total. The molecule has 2 heterocycles. The summed E-state index contributed by atoms with van der Waals surface area (Å²) in [7, 11) is 0. The average molecular weight is 470 g/mol. The van der Waals surface area contributed by atoms with Crippen LogP contribution in [0.15, 0.2) is 12.1 Å². The maximum atomic E-state index is 12.1. The predicted octanol–water partition coefficient (Wildman–Crippen LogP) is 4.26. The van der Waals surface area contributed by atoms with Crippen LogP contribution in [-0.2, 0) is 16.7 Å². The Balaban J connectivity index is 1.47. The molecule has 34 heavy (non-hydrogen) atoms. The zero-order valence-corrected chi connectivity index (χ0v) is 20.9. The zero-order chi connectivity index (χ0) is 23.9. The summed E-state index contributed by atoms with van der Waals surface area (Å²) in [4.78, 5) is 8.32. The minimum Gasteiger partial charge on any atom is -0.504 e. The number of aliphatic hydroxyl groups is 1. The summed E-state index contributed by atoms with van der Waals surface area (Å²) < 4.78 is 6.73. The molecule has 5 aliphatic carbocycles. The molecule has 4 bridgehead atoms. The standard InChI is InChI=1S/C28H39NO5/c1-24(2,3)25(4,31)19-14-26-9-10-28(19,34-32)23-27(26)11-12-29(15-16-5-6-16)20(26)13-17-7-8-18(30)22(33-23)21(17)27/h7-8,16,19-20,23,30-32H,5-6,9-15H2,1-4H3/t19-,20-,23-,25+,26-,27+,28+/m1/s1. The van der Waals surface area contributed by atoms with E-state index in [4.69, 9.17) is 9.62 Å². The predicted molar refractivity (Wildman–Crippen MR) is 127 cm³/mol. The van der Waals surface area contributed by atoms with Crippen LogP contribution in [0.5, 0.6) is 11.5 Å². The maximum absolute atomic E-state index is 12.1. The lowest BCUT2D eigenvalue weighted by molar-refractivity contribution is -0.417. The molecule has 2 aliphatic heterocycles. The Kier molecular flexibility index (Phi) is 4.07. The largest absolute Gasteiger partial charge is 0.504 e. The van der Waals surface area contributed by atoms with Crippen LogP contribution in [0.2, 0.25) is 0 Å². The maximum Gasteiger partial charge on any atom is 0.165 e. The number of hydrogen-bond acceptors (Lipinski definition) is 6. The van der Waals surface area contributed by atoms with Crippen molar-refractivity contribution in [3.05, 3.63) is 23.3 Å². The number of hydrogen-bond donors (Lipinski definition) is 3. The number of piperidine rings is 1. The fourth-order valence-electron chi connectivity index (χ4n) is 9.39. The van der Waals surface area contributed by atoms with Gasteiger partial charge < -0.3 is 14.9 Å². The van der Waals surface area contributed by atoms with Crippen LogP contribution in [0.25, 0.3) is 0 Å². The molecular weight excluding hydrogens is 430 g/mol. The Hall–Kier alpha value is -1.34. The summed E-state index contributed by atoms with van der Waals surface area (Å²) in [6, 6.07) is 4.25. The van der Waals surface area contributed by atoms with Crippen molar-refractivity contribution < 1.29 is 25.1 Å². The lowest BCUT2D eigenvalue weighted by atomic mass is 9.33. The zero-order valence-electron chi connectivity index (χ0n) is 20.9. The van der Waals surface area contributed by atoms with Gasteiger partial charge in [-0.2, -0.15) is 0 Å². The van der Waals surface area contributed by atoms with Crippen molar-refractivity contribution >= 4 is 0 Å². The van der Waals surface area contributed by atoms with Crippen molar-refractivity contribution in [2.45, 2.75) is 101 Å². The van der Waals surface area contributed by atoms with E-state index in [1.807, 2.05) is 6.92 Å². The van der Waals surface area contributed by atoms with Crippen LogP contribution in [0.1, 0.15) is 77.3 Å². The molecule has 7 aliphatic rings. The second-order valence-electron chi connectivity index (χ2n) is 13.7. The van der Waals surface area contributed by atoms with Crippen molar-refractivity contribution in [1.29, 1.82) is 0 Å². The number of fused-ring (bicyclic) bond motifs is 2. The first-order chi connectivity index (χ1) is 16.0. The van der Waals surface area contributed by atoms with E-state index in [9.17, 15) is 15.5 Å². The molecule has 2 spiro atoms. The molecule has 0 radical (unpaired) electrons. The van der Waals surface area contributed by atoms with Gasteiger partial charge in [0.05, 0.1) is 5.60 Å². The molecule has 1 aromatic carbocycles. The van der Waals surface area contributed by atoms with Gasteiger partial charge in [-0.05, 0) is 81.4 Å². The van der Waals surface area contributed by atoms with Crippen LogP contribution >= 0.6 is 0 Å². The number of likely N-dealkylation sites (tertiary alicyclic amines) is 1. The van der Waals surface area contributed by atoms with Crippen LogP contribution < -0.4 is 4.74 Å². The van der Waals surface area contributed by atoms with Gasteiger partial charge in [0.1, 0.15) is 11.7 Å². The Morgan fingerprint density at radius 3 is 2.59 bits per heavy atom. The normalized spacial score (nSPS) is 43.9. The van der Waals surface area contributed by atoms with E-state index in [-0.39, 0.29) is 22.5 Å². The topological polar surface area (TPSA) is 82.4 Å². The molecule has 0 amide bonds. The van der Waals surface area contributed by atoms with Crippen molar-refractivity contribution in [3.63, 3.8) is 0 Å². The number of nitrogens with zero attached hydrogens (tertiary/aromatic N) is 1. The first-order valence-electron chi connectivity index (χ1n) is 13.3. The summed E-state index contributed by atoms with van der Waals surface area (Å²) in [6.45, 7) is 10.3. The molecule has 4 saturated carbocycles. The molecule has 8 rings (SSSR count). The third-order valence-corrected chi connectivity index (χ3v) is 11.6. The molecule has 5 fully saturated rings. The Bertz CT molecular complexity index is 1060. The Labute approximate surface area is 202 Å². The van der Waals surface area contributed by atoms with Crippen molar-refractivity contribution in [3.8, 4) is 11.5 Å². The fourth-order valence-corrected chi connectivity index (χ4v) is 9.39. The Morgan fingerprint density at radius 2 is 1.91 bits per heavy atom. The van der Waals surface area contributed by atoms with Gasteiger partial charge in [0.25, 0.3) is 0 Å². The van der Waals surface area contributed by atoms with Crippen molar-refractivity contribution in [2.24, 2.45) is 22.7 Å². The van der Waals surface area contributed by atoms with E-state index in [1.165, 1.54) is 24.0 Å². The highest BCUT2D eigenvalue weighted by atomic mass is 17.1. The molecule has 6 heteroatoms. The van der Waals surface area contributed by atoms with Gasteiger partial charge in [-0.1, -0.05) is 26.8 Å². The summed E-state index contributed by atoms with van der Waals surface area (Å²) in [5.74, 6) is 1.32. The van der Waals surface area contributed by atoms with E-state index in [0.717, 1.165) is 44.7 Å². The average Bonchev–Trinajstić information content (AvgIpc) is 3.53. The highest BCUT2D eigenvalue weighted by molar-refractivity contribution is 5.63. The van der Waals surface area contributed by atoms with Gasteiger partial charge in [0.2, 0.25) is 0 Å². The first-order valence-corrected chi connectivity index (χ1v) is 13.3. The molecule has 186 valence electrons. The summed E-state index contributed by atoms with van der Waals surface area (Å²) >= 11 is 0. The number of phenolic OH excluding ortho intramolecular Hbond substituents is 1. The monoisotopic (exact) mass is 469 g/mol. The second-order valence-corrected chi connectivity index (χ2v) is 13.7. The number of benzene rings is 1. The van der Waals surface area contributed by atoms with Gasteiger partial charge in [-0.15, -0.1) is 0 Å². The molecule has 7 atom stereocenters. The lowest BCUT2D eigenvalue weighted by Crippen LogP contribution is -2.83. The van der Waals surface area contributed by atoms with Crippen molar-refractivity contribution in [2.75, 3.05) is 13.1 Å². The van der Waals surface area contributed by atoms with E-state index >= 15 is 0 Å². The smallest absolute Gasteiger partial charge is 0.165 e. The summed E-state index contributed by atoms with van der Waals surface area (Å²) in [6.07, 6.45) is 6.58. The molecule has 6 nitrogen and oxygen atoms in total. The van der Waals surface area contributed by atoms with Gasteiger partial charge in [-0.25, -0.2) is 4.89 Å². The lowest BCUT2D eigenvalue weighted by Gasteiger charge is -2.75. The number of rotatable bonds is 4. The second kappa shape index (κ2) is 6.31. The summed E-state index contributed by atoms with van der Waals surface area (Å²) in [5, 5.41) is 33.6. The third-order valence-electron chi connectivity index (χ3n) is 11.6. The number of ether oxygens (including phenoxy) is 1.